The van der Waals surface area contributed by atoms with Crippen LogP contribution < -0.4 is 10.5 Å². The molecule has 1 aliphatic rings. The molecule has 1 fully saturated rings. The maximum absolute atomic E-state index is 12.9. The number of primary amides is 1. The minimum atomic E-state index is -0.637. The molecule has 2 amide bonds. The Morgan fingerprint density at radius 2 is 1.96 bits per heavy atom. The zero-order valence-electron chi connectivity index (χ0n) is 14.8. The average Bonchev–Trinajstić information content (AvgIpc) is 2.59. The van der Waals surface area contributed by atoms with E-state index in [1.807, 2.05) is 13.8 Å². The molecule has 0 saturated carbocycles. The summed E-state index contributed by atoms with van der Waals surface area (Å²) >= 11 is 0. The molecule has 0 bridgehead atoms. The van der Waals surface area contributed by atoms with Crippen LogP contribution in [0, 0.1) is 23.2 Å². The third-order valence-corrected chi connectivity index (χ3v) is 4.53. The number of likely N-dealkylation sites (tertiary alicyclic amines) is 1. The second kappa shape index (κ2) is 8.52. The summed E-state index contributed by atoms with van der Waals surface area (Å²) in [5.74, 6) is 0.295. The number of carbonyl (C=O) groups excluding carboxylic acids is 2. The van der Waals surface area contributed by atoms with Crippen molar-refractivity contribution in [1.29, 1.82) is 5.26 Å². The first-order valence-corrected chi connectivity index (χ1v) is 8.65. The van der Waals surface area contributed by atoms with Crippen molar-refractivity contribution >= 4 is 11.8 Å². The third kappa shape index (κ3) is 4.96. The van der Waals surface area contributed by atoms with Gasteiger partial charge in [-0.3, -0.25) is 9.59 Å². The summed E-state index contributed by atoms with van der Waals surface area (Å²) in [6, 6.07) is 9.02. The fourth-order valence-electron chi connectivity index (χ4n) is 3.09. The summed E-state index contributed by atoms with van der Waals surface area (Å²) in [6.07, 6.45) is 1.28. The molecule has 1 aromatic carbocycles. The molecule has 1 atom stereocenters. The molecule has 25 heavy (non-hydrogen) atoms. The van der Waals surface area contributed by atoms with Crippen LogP contribution >= 0.6 is 0 Å². The number of carbonyl (C=O) groups is 2. The van der Waals surface area contributed by atoms with E-state index in [4.69, 9.17) is 10.5 Å². The predicted molar refractivity (Wildman–Crippen MR) is 93.5 cm³/mol. The van der Waals surface area contributed by atoms with Crippen molar-refractivity contribution in [3.63, 3.8) is 0 Å². The van der Waals surface area contributed by atoms with Crippen molar-refractivity contribution in [3.05, 3.63) is 29.8 Å². The Bertz CT molecular complexity index is 658. The second-order valence-corrected chi connectivity index (χ2v) is 6.83. The van der Waals surface area contributed by atoms with Gasteiger partial charge in [-0.05, 0) is 36.8 Å². The van der Waals surface area contributed by atoms with Gasteiger partial charge in [-0.25, -0.2) is 0 Å². The first-order valence-electron chi connectivity index (χ1n) is 8.65. The number of hydrogen-bond acceptors (Lipinski definition) is 4. The number of nitrogens with two attached hydrogens (primary N) is 1. The first kappa shape index (κ1) is 18.8. The van der Waals surface area contributed by atoms with Gasteiger partial charge in [-0.15, -0.1) is 0 Å². The molecule has 6 heteroatoms. The molecule has 6 nitrogen and oxygen atoms in total. The van der Waals surface area contributed by atoms with Crippen molar-refractivity contribution in [3.8, 4) is 11.8 Å². The molecule has 134 valence electrons. The van der Waals surface area contributed by atoms with E-state index in [-0.39, 0.29) is 23.7 Å². The number of piperidine rings is 1. The third-order valence-electron chi connectivity index (χ3n) is 4.53. The number of amides is 2. The predicted octanol–water partition coefficient (Wildman–Crippen LogP) is 2.08. The largest absolute Gasteiger partial charge is 0.479 e. The van der Waals surface area contributed by atoms with E-state index in [0.29, 0.717) is 30.8 Å². The average molecular weight is 343 g/mol. The fraction of sp³-hybridized carbons (Fsp3) is 0.526. The first-order chi connectivity index (χ1) is 11.9. The van der Waals surface area contributed by atoms with Crippen LogP contribution in [0.25, 0.3) is 0 Å². The number of benzene rings is 1. The molecule has 1 saturated heterocycles. The molecule has 2 rings (SSSR count). The minimum Gasteiger partial charge on any atom is -0.479 e. The van der Waals surface area contributed by atoms with Crippen LogP contribution in [0.5, 0.6) is 5.75 Å². The van der Waals surface area contributed by atoms with E-state index in [1.54, 1.807) is 29.2 Å². The van der Waals surface area contributed by atoms with E-state index < -0.39 is 6.10 Å². The van der Waals surface area contributed by atoms with E-state index in [1.165, 1.54) is 0 Å². The van der Waals surface area contributed by atoms with Gasteiger partial charge in [0.05, 0.1) is 5.56 Å². The number of rotatable bonds is 6. The topological polar surface area (TPSA) is 96.4 Å². The van der Waals surface area contributed by atoms with Crippen LogP contribution in [0.2, 0.25) is 0 Å². The van der Waals surface area contributed by atoms with E-state index >= 15 is 0 Å². The Morgan fingerprint density at radius 1 is 1.32 bits per heavy atom. The van der Waals surface area contributed by atoms with Crippen molar-refractivity contribution in [2.24, 2.45) is 17.6 Å². The summed E-state index contributed by atoms with van der Waals surface area (Å²) in [6.45, 7) is 5.06. The Labute approximate surface area is 148 Å². The van der Waals surface area contributed by atoms with Gasteiger partial charge in [0.1, 0.15) is 11.8 Å². The fourth-order valence-corrected chi connectivity index (χ4v) is 3.09. The van der Waals surface area contributed by atoms with Crippen LogP contribution in [-0.4, -0.2) is 35.9 Å². The molecule has 0 aliphatic carbocycles. The summed E-state index contributed by atoms with van der Waals surface area (Å²) in [7, 11) is 0. The maximum Gasteiger partial charge on any atom is 0.263 e. The normalized spacial score (nSPS) is 16.3. The Hall–Kier alpha value is -2.55. The van der Waals surface area contributed by atoms with Gasteiger partial charge < -0.3 is 15.4 Å². The molecule has 2 N–H and O–H groups in total. The summed E-state index contributed by atoms with van der Waals surface area (Å²) in [4.78, 5) is 25.7. The molecule has 0 radical (unpaired) electrons. The molecule has 1 heterocycles. The van der Waals surface area contributed by atoms with Crippen LogP contribution in [0.3, 0.4) is 0 Å². The standard InChI is InChI=1S/C19H25N3O3/c1-13(2)18(25-16-6-4-3-5-15(16)12-20)19(24)22-9-7-14(8-10-22)11-17(21)23/h3-6,13-14,18H,7-11H2,1-2H3,(H2,21,23). The molecule has 0 spiro atoms. The van der Waals surface area contributed by atoms with Crippen molar-refractivity contribution in [2.75, 3.05) is 13.1 Å². The highest BCUT2D eigenvalue weighted by atomic mass is 16.5. The van der Waals surface area contributed by atoms with Gasteiger partial charge in [0, 0.05) is 19.5 Å². The highest BCUT2D eigenvalue weighted by Gasteiger charge is 2.32. The van der Waals surface area contributed by atoms with Gasteiger partial charge in [0.2, 0.25) is 5.91 Å². The smallest absolute Gasteiger partial charge is 0.263 e. The summed E-state index contributed by atoms with van der Waals surface area (Å²) < 4.78 is 5.92. The summed E-state index contributed by atoms with van der Waals surface area (Å²) in [5.41, 5.74) is 5.67. The van der Waals surface area contributed by atoms with Gasteiger partial charge in [0.25, 0.3) is 5.91 Å². The molecule has 1 unspecified atom stereocenters. The number of hydrogen-bond donors (Lipinski definition) is 1. The van der Waals surface area contributed by atoms with Gasteiger partial charge in [-0.1, -0.05) is 26.0 Å². The van der Waals surface area contributed by atoms with Crippen molar-refractivity contribution < 1.29 is 14.3 Å². The van der Waals surface area contributed by atoms with Gasteiger partial charge in [-0.2, -0.15) is 5.26 Å². The van der Waals surface area contributed by atoms with Crippen molar-refractivity contribution in [1.82, 2.24) is 4.90 Å². The number of ether oxygens (including phenoxy) is 1. The molecular weight excluding hydrogens is 318 g/mol. The Kier molecular flexibility index (Phi) is 6.40. The van der Waals surface area contributed by atoms with Crippen LogP contribution in [-0.2, 0) is 9.59 Å². The van der Waals surface area contributed by atoms with E-state index in [0.717, 1.165) is 12.8 Å². The Morgan fingerprint density at radius 3 is 2.52 bits per heavy atom. The zero-order chi connectivity index (χ0) is 18.4. The lowest BCUT2D eigenvalue weighted by Crippen LogP contribution is -2.48. The number of nitrogens with zero attached hydrogens (tertiary/aromatic N) is 2. The lowest BCUT2D eigenvalue weighted by atomic mass is 9.92. The number of para-hydroxylation sites is 1. The molecule has 1 aliphatic heterocycles. The molecule has 0 aromatic heterocycles. The lowest BCUT2D eigenvalue weighted by Gasteiger charge is -2.35. The Balaban J connectivity index is 2.04. The van der Waals surface area contributed by atoms with Crippen LogP contribution in [0.4, 0.5) is 0 Å². The van der Waals surface area contributed by atoms with E-state index in [9.17, 15) is 14.9 Å². The second-order valence-electron chi connectivity index (χ2n) is 6.83. The molecular formula is C19H25N3O3. The maximum atomic E-state index is 12.9. The minimum absolute atomic E-state index is 0.0254. The van der Waals surface area contributed by atoms with Gasteiger partial charge >= 0.3 is 0 Å². The van der Waals surface area contributed by atoms with Crippen LogP contribution in [0.15, 0.2) is 24.3 Å². The van der Waals surface area contributed by atoms with Gasteiger partial charge in [0.15, 0.2) is 6.10 Å². The number of nitriles is 1. The highest BCUT2D eigenvalue weighted by molar-refractivity contribution is 5.82. The highest BCUT2D eigenvalue weighted by Crippen LogP contribution is 2.25. The van der Waals surface area contributed by atoms with Crippen LogP contribution in [0.1, 0.15) is 38.7 Å². The van der Waals surface area contributed by atoms with Crippen molar-refractivity contribution in [2.45, 2.75) is 39.2 Å². The lowest BCUT2D eigenvalue weighted by molar-refractivity contribution is -0.142. The van der Waals surface area contributed by atoms with E-state index in [2.05, 4.69) is 6.07 Å². The summed E-state index contributed by atoms with van der Waals surface area (Å²) in [5, 5.41) is 9.20. The molecule has 1 aromatic rings. The SMILES string of the molecule is CC(C)C(Oc1ccccc1C#N)C(=O)N1CCC(CC(N)=O)CC1. The zero-order valence-corrected chi connectivity index (χ0v) is 14.8. The monoisotopic (exact) mass is 343 g/mol. The quantitative estimate of drug-likeness (QED) is 0.855.